The first kappa shape index (κ1) is 47.2. The molecule has 16 heteroatoms. The molecule has 4 atom stereocenters. The zero-order chi connectivity index (χ0) is 48.7. The molecular weight excluding hydrogens is 891 g/mol. The number of carbonyl (C=O) groups excluding carboxylic acids is 6. The Morgan fingerprint density at radius 3 is 1.51 bits per heavy atom. The van der Waals surface area contributed by atoms with Crippen LogP contribution in [0.2, 0.25) is 0 Å². The predicted octanol–water partition coefficient (Wildman–Crippen LogP) is 8.22. The molecule has 70 heavy (non-hydrogen) atoms. The van der Waals surface area contributed by atoms with Crippen LogP contribution in [0.4, 0.5) is 21.0 Å². The number of nitrogens with one attached hydrogen (secondary N) is 4. The van der Waals surface area contributed by atoms with Gasteiger partial charge in [-0.3, -0.25) is 19.2 Å². The lowest BCUT2D eigenvalue weighted by atomic mass is 10.0. The Labute approximate surface area is 405 Å². The number of nitrogens with zero attached hydrogens (tertiary/aromatic N) is 3. The van der Waals surface area contributed by atoms with Crippen molar-refractivity contribution in [2.24, 2.45) is 0 Å². The SMILES string of the molecule is COC(=O)NC(C(=O)N1CCC[C@H]1C(=O)Nc1ccc2c3ccc(NC(=O)[C@@H]4CCCN4C(=O)C(NC(=O)OC)c4ccccc4)cc3n(Cc3cccc(OC4CCCC4)c3)c2c1)c1ccccc1. The minimum atomic E-state index is -1.05. The van der Waals surface area contributed by atoms with Crippen LogP contribution >= 0.6 is 0 Å². The van der Waals surface area contributed by atoms with Gasteiger partial charge in [0.2, 0.25) is 11.8 Å². The Hall–Kier alpha value is -7.88. The monoisotopic (exact) mass is 947 g/mol. The highest BCUT2D eigenvalue weighted by Crippen LogP contribution is 2.35. The number of hydrogen-bond acceptors (Lipinski definition) is 9. The second kappa shape index (κ2) is 21.2. The Morgan fingerprint density at radius 1 is 0.557 bits per heavy atom. The highest BCUT2D eigenvalue weighted by Gasteiger charge is 2.40. The van der Waals surface area contributed by atoms with Gasteiger partial charge >= 0.3 is 12.2 Å². The molecular formula is C54H57N7O9. The Bertz CT molecular complexity index is 2740. The zero-order valence-electron chi connectivity index (χ0n) is 39.2. The topological polar surface area (TPSA) is 190 Å². The lowest BCUT2D eigenvalue weighted by Gasteiger charge is -2.28. The van der Waals surface area contributed by atoms with Crippen LogP contribution in [0.25, 0.3) is 21.8 Å². The van der Waals surface area contributed by atoms with E-state index in [1.807, 2.05) is 66.7 Å². The van der Waals surface area contributed by atoms with E-state index in [1.165, 1.54) is 24.0 Å². The van der Waals surface area contributed by atoms with E-state index in [2.05, 4.69) is 31.9 Å². The summed E-state index contributed by atoms with van der Waals surface area (Å²) in [6, 6.07) is 33.6. The van der Waals surface area contributed by atoms with E-state index < -0.39 is 48.2 Å². The Balaban J connectivity index is 1.00. The third-order valence-corrected chi connectivity index (χ3v) is 13.6. The molecule has 5 aromatic carbocycles. The highest BCUT2D eigenvalue weighted by atomic mass is 16.5. The molecule has 2 aliphatic heterocycles. The summed E-state index contributed by atoms with van der Waals surface area (Å²) in [4.78, 5) is 84.5. The fraction of sp³-hybridized carbons (Fsp3) is 0.333. The maximum Gasteiger partial charge on any atom is 0.407 e. The van der Waals surface area contributed by atoms with Crippen molar-refractivity contribution < 1.29 is 43.0 Å². The summed E-state index contributed by atoms with van der Waals surface area (Å²) in [6.45, 7) is 1.11. The smallest absolute Gasteiger partial charge is 0.407 e. The van der Waals surface area contributed by atoms with Crippen molar-refractivity contribution in [1.29, 1.82) is 0 Å². The number of hydrogen-bond donors (Lipinski definition) is 4. The third kappa shape index (κ3) is 10.3. The van der Waals surface area contributed by atoms with Gasteiger partial charge in [-0.15, -0.1) is 0 Å². The number of likely N-dealkylation sites (tertiary alicyclic amines) is 2. The molecule has 9 rings (SSSR count). The van der Waals surface area contributed by atoms with Crippen molar-refractivity contribution in [3.63, 3.8) is 0 Å². The summed E-state index contributed by atoms with van der Waals surface area (Å²) in [6.07, 6.45) is 5.10. The molecule has 3 fully saturated rings. The second-order valence-electron chi connectivity index (χ2n) is 18.0. The van der Waals surface area contributed by atoms with Gasteiger partial charge in [0.25, 0.3) is 11.8 Å². The van der Waals surface area contributed by atoms with Gasteiger partial charge in [-0.1, -0.05) is 84.9 Å². The van der Waals surface area contributed by atoms with Crippen LogP contribution in [0.3, 0.4) is 0 Å². The summed E-state index contributed by atoms with van der Waals surface area (Å²) in [5, 5.41) is 13.3. The van der Waals surface area contributed by atoms with Crippen LogP contribution in [0.1, 0.15) is 80.1 Å². The van der Waals surface area contributed by atoms with Crippen molar-refractivity contribution in [2.75, 3.05) is 37.9 Å². The number of methoxy groups -OCH3 is 2. The van der Waals surface area contributed by atoms with Gasteiger partial charge < -0.3 is 49.8 Å². The van der Waals surface area contributed by atoms with Crippen LogP contribution in [-0.4, -0.2) is 95.7 Å². The van der Waals surface area contributed by atoms with Gasteiger partial charge in [0.15, 0.2) is 0 Å². The van der Waals surface area contributed by atoms with Crippen LogP contribution in [0.5, 0.6) is 5.75 Å². The zero-order valence-corrected chi connectivity index (χ0v) is 39.2. The normalized spacial score (nSPS) is 17.7. The molecule has 3 aliphatic rings. The fourth-order valence-electron chi connectivity index (χ4n) is 10.1. The van der Waals surface area contributed by atoms with Gasteiger partial charge in [-0.05, 0) is 104 Å². The molecule has 362 valence electrons. The molecule has 1 aliphatic carbocycles. The second-order valence-corrected chi connectivity index (χ2v) is 18.0. The predicted molar refractivity (Wildman–Crippen MR) is 264 cm³/mol. The minimum Gasteiger partial charge on any atom is -0.490 e. The van der Waals surface area contributed by atoms with Gasteiger partial charge in [0.1, 0.15) is 29.9 Å². The molecule has 16 nitrogen and oxygen atoms in total. The van der Waals surface area contributed by atoms with Gasteiger partial charge in [0, 0.05) is 41.8 Å². The highest BCUT2D eigenvalue weighted by molar-refractivity contribution is 6.11. The Morgan fingerprint density at radius 2 is 1.04 bits per heavy atom. The standard InChI is InChI=1S/C54H57N7O9/c1-68-53(66)57-47(35-15-5-3-6-16-35)51(64)59-28-12-22-43(59)49(62)55-37-24-26-41-42-27-25-38(32-46(42)61(45(41)31-37)33-34-14-11-21-40(30-34)70-39-19-9-10-20-39)56-50(63)44-23-13-29-60(44)52(65)48(58-54(67)69-2)36-17-7-4-8-18-36/h3-8,11,14-18,21,24-27,30-32,39,43-44,47-48H,9-10,12-13,19-20,22-23,28-29,33H2,1-2H3,(H,55,62)(H,56,63)(H,57,66)(H,58,67)/t43-,44-,47?,48?/m0/s1. The quantitative estimate of drug-likeness (QED) is 0.0834. The summed E-state index contributed by atoms with van der Waals surface area (Å²) in [5.41, 5.74) is 4.82. The molecule has 0 bridgehead atoms. The van der Waals surface area contributed by atoms with E-state index in [1.54, 1.807) is 48.5 Å². The van der Waals surface area contributed by atoms with Crippen LogP contribution in [-0.2, 0) is 35.2 Å². The molecule has 6 amide bonds. The number of aromatic nitrogens is 1. The molecule has 1 aromatic heterocycles. The largest absolute Gasteiger partial charge is 0.490 e. The van der Waals surface area contributed by atoms with Crippen molar-refractivity contribution in [3.05, 3.63) is 138 Å². The van der Waals surface area contributed by atoms with Gasteiger partial charge in [-0.25, -0.2) is 9.59 Å². The Kier molecular flexibility index (Phi) is 14.3. The molecule has 6 aromatic rings. The number of carbonyl (C=O) groups is 6. The molecule has 0 radical (unpaired) electrons. The lowest BCUT2D eigenvalue weighted by molar-refractivity contribution is -0.138. The number of ether oxygens (including phenoxy) is 3. The third-order valence-electron chi connectivity index (χ3n) is 13.6. The average Bonchev–Trinajstić information content (AvgIpc) is 4.24. The van der Waals surface area contributed by atoms with E-state index >= 15 is 0 Å². The van der Waals surface area contributed by atoms with Crippen molar-refractivity contribution in [2.45, 2.75) is 88.2 Å². The van der Waals surface area contributed by atoms with Crippen molar-refractivity contribution in [1.82, 2.24) is 25.0 Å². The van der Waals surface area contributed by atoms with Crippen LogP contribution in [0, 0.1) is 0 Å². The van der Waals surface area contributed by atoms with Crippen molar-refractivity contribution >= 4 is 69.0 Å². The fourth-order valence-corrected chi connectivity index (χ4v) is 10.1. The van der Waals surface area contributed by atoms with Gasteiger partial charge in [0.05, 0.1) is 31.4 Å². The van der Waals surface area contributed by atoms with Gasteiger partial charge in [-0.2, -0.15) is 0 Å². The first-order valence-electron chi connectivity index (χ1n) is 23.9. The van der Waals surface area contributed by atoms with Crippen molar-refractivity contribution in [3.8, 4) is 5.75 Å². The molecule has 0 spiro atoms. The van der Waals surface area contributed by atoms with E-state index in [-0.39, 0.29) is 17.9 Å². The maximum absolute atomic E-state index is 14.2. The summed E-state index contributed by atoms with van der Waals surface area (Å²) < 4.78 is 18.2. The number of amides is 6. The van der Waals surface area contributed by atoms with E-state index in [9.17, 15) is 28.8 Å². The van der Waals surface area contributed by atoms with E-state index in [0.717, 1.165) is 58.8 Å². The number of benzene rings is 5. The first-order valence-corrected chi connectivity index (χ1v) is 23.9. The molecule has 2 unspecified atom stereocenters. The van der Waals surface area contributed by atoms with E-state index in [0.29, 0.717) is 67.8 Å². The maximum atomic E-state index is 14.2. The number of rotatable bonds is 14. The summed E-state index contributed by atoms with van der Waals surface area (Å²) in [5.74, 6) is -0.729. The molecule has 4 N–H and O–H groups in total. The van der Waals surface area contributed by atoms with Crippen LogP contribution < -0.4 is 26.0 Å². The number of fused-ring (bicyclic) bond motifs is 3. The molecule has 3 heterocycles. The summed E-state index contributed by atoms with van der Waals surface area (Å²) >= 11 is 0. The number of anilines is 2. The summed E-state index contributed by atoms with van der Waals surface area (Å²) in [7, 11) is 2.47. The van der Waals surface area contributed by atoms with Crippen LogP contribution in [0.15, 0.2) is 121 Å². The van der Waals surface area contributed by atoms with E-state index in [4.69, 9.17) is 14.2 Å². The minimum absolute atomic E-state index is 0.180. The molecule has 2 saturated heterocycles. The lowest BCUT2D eigenvalue weighted by Crippen LogP contribution is -2.48. The molecule has 1 saturated carbocycles. The average molecular weight is 948 g/mol. The number of alkyl carbamates (subject to hydrolysis) is 2. The first-order chi connectivity index (χ1) is 34.1.